The van der Waals surface area contributed by atoms with Crippen molar-refractivity contribution in [2.24, 2.45) is 0 Å². The van der Waals surface area contributed by atoms with E-state index in [0.29, 0.717) is 0 Å². The highest BCUT2D eigenvalue weighted by Crippen LogP contribution is 2.51. The van der Waals surface area contributed by atoms with Crippen molar-refractivity contribution in [1.29, 1.82) is 0 Å². The molecule has 308 valence electrons. The minimum atomic E-state index is -0.0745. The summed E-state index contributed by atoms with van der Waals surface area (Å²) in [5, 5.41) is 2.54. The van der Waals surface area contributed by atoms with Crippen LogP contribution in [0.25, 0.3) is 83.1 Å². The van der Waals surface area contributed by atoms with Crippen molar-refractivity contribution < 1.29 is 0 Å². The normalized spacial score (nSPS) is 12.6. The first-order valence-corrected chi connectivity index (χ1v) is 22.6. The summed E-state index contributed by atoms with van der Waals surface area (Å²) in [6.45, 7) is 4.73. The molecule has 0 amide bonds. The highest BCUT2D eigenvalue weighted by Gasteiger charge is 2.36. The summed E-state index contributed by atoms with van der Waals surface area (Å²) in [4.78, 5) is 2.34. The molecule has 0 fully saturated rings. The molecular formula is C63H46N2. The minimum absolute atomic E-state index is 0.0745. The second-order valence-corrected chi connectivity index (χ2v) is 17.8. The van der Waals surface area contributed by atoms with Crippen molar-refractivity contribution in [2.45, 2.75) is 19.3 Å². The van der Waals surface area contributed by atoms with Gasteiger partial charge in [-0.2, -0.15) is 0 Å². The molecular weight excluding hydrogens is 785 g/mol. The summed E-state index contributed by atoms with van der Waals surface area (Å²) < 4.78 is 2.45. The Morgan fingerprint density at radius 1 is 0.308 bits per heavy atom. The number of benzene rings is 10. The zero-order valence-electron chi connectivity index (χ0n) is 36.5. The molecule has 0 atom stereocenters. The van der Waals surface area contributed by atoms with Gasteiger partial charge in [0.05, 0.1) is 11.0 Å². The summed E-state index contributed by atoms with van der Waals surface area (Å²) in [6, 6.07) is 88.6. The van der Waals surface area contributed by atoms with Gasteiger partial charge in [0.1, 0.15) is 0 Å². The Bertz CT molecular complexity index is 3410. The fourth-order valence-corrected chi connectivity index (χ4v) is 10.2. The molecule has 0 bridgehead atoms. The molecule has 1 aliphatic rings. The van der Waals surface area contributed by atoms with Gasteiger partial charge >= 0.3 is 0 Å². The average molecular weight is 831 g/mol. The van der Waals surface area contributed by atoms with E-state index in [1.54, 1.807) is 0 Å². The number of fused-ring (bicyclic) bond motifs is 6. The number of aromatic nitrogens is 1. The first-order chi connectivity index (χ1) is 32.0. The fourth-order valence-electron chi connectivity index (χ4n) is 10.2. The summed E-state index contributed by atoms with van der Waals surface area (Å²) in [5.41, 5.74) is 21.9. The van der Waals surface area contributed by atoms with Gasteiger partial charge < -0.3 is 9.47 Å². The Balaban J connectivity index is 0.884. The van der Waals surface area contributed by atoms with Crippen molar-refractivity contribution in [2.75, 3.05) is 4.90 Å². The Labute approximate surface area is 381 Å². The van der Waals surface area contributed by atoms with Crippen molar-refractivity contribution >= 4 is 38.9 Å². The van der Waals surface area contributed by atoms with Gasteiger partial charge in [0.2, 0.25) is 0 Å². The quantitative estimate of drug-likeness (QED) is 0.148. The van der Waals surface area contributed by atoms with Gasteiger partial charge in [-0.3, -0.25) is 0 Å². The average Bonchev–Trinajstić information content (AvgIpc) is 3.81. The van der Waals surface area contributed by atoms with Crippen LogP contribution in [-0.4, -0.2) is 4.57 Å². The maximum atomic E-state index is 2.46. The highest BCUT2D eigenvalue weighted by molar-refractivity contribution is 6.12. The van der Waals surface area contributed by atoms with E-state index in [9.17, 15) is 0 Å². The number of hydrogen-bond donors (Lipinski definition) is 0. The van der Waals surface area contributed by atoms with Crippen LogP contribution in [0.5, 0.6) is 0 Å². The van der Waals surface area contributed by atoms with Crippen molar-refractivity contribution in [1.82, 2.24) is 4.57 Å². The number of rotatable bonds is 8. The molecule has 2 heteroatoms. The van der Waals surface area contributed by atoms with Crippen LogP contribution in [0.2, 0.25) is 0 Å². The third kappa shape index (κ3) is 6.65. The summed E-state index contributed by atoms with van der Waals surface area (Å²) in [5.74, 6) is 0. The maximum Gasteiger partial charge on any atom is 0.0544 e. The Kier molecular flexibility index (Phi) is 9.21. The van der Waals surface area contributed by atoms with E-state index >= 15 is 0 Å². The first-order valence-electron chi connectivity index (χ1n) is 22.6. The van der Waals surface area contributed by atoms with Gasteiger partial charge in [-0.15, -0.1) is 0 Å². The molecule has 1 aliphatic carbocycles. The summed E-state index contributed by atoms with van der Waals surface area (Å²) in [7, 11) is 0. The van der Waals surface area contributed by atoms with E-state index in [4.69, 9.17) is 0 Å². The van der Waals surface area contributed by atoms with Crippen LogP contribution < -0.4 is 4.90 Å². The van der Waals surface area contributed by atoms with Crippen molar-refractivity contribution in [3.63, 3.8) is 0 Å². The van der Waals surface area contributed by atoms with Crippen LogP contribution in [0.1, 0.15) is 25.0 Å². The van der Waals surface area contributed by atoms with E-state index in [0.717, 1.165) is 17.1 Å². The molecule has 0 spiro atoms. The third-order valence-corrected chi connectivity index (χ3v) is 13.6. The molecule has 0 aliphatic heterocycles. The lowest BCUT2D eigenvalue weighted by Crippen LogP contribution is -2.14. The Hall–Kier alpha value is -8.20. The van der Waals surface area contributed by atoms with Crippen LogP contribution in [0, 0.1) is 0 Å². The van der Waals surface area contributed by atoms with E-state index in [1.165, 1.54) is 94.3 Å². The van der Waals surface area contributed by atoms with E-state index in [2.05, 4.69) is 266 Å². The Morgan fingerprint density at radius 2 is 0.708 bits per heavy atom. The first kappa shape index (κ1) is 38.5. The van der Waals surface area contributed by atoms with Gasteiger partial charge in [0, 0.05) is 38.9 Å². The number of anilines is 3. The van der Waals surface area contributed by atoms with Gasteiger partial charge in [-0.05, 0) is 140 Å². The molecule has 0 radical (unpaired) electrons. The molecule has 10 aromatic carbocycles. The monoisotopic (exact) mass is 830 g/mol. The highest BCUT2D eigenvalue weighted by atomic mass is 15.1. The molecule has 1 heterocycles. The van der Waals surface area contributed by atoms with E-state index < -0.39 is 0 Å². The molecule has 0 saturated carbocycles. The molecule has 0 N–H and O–H groups in total. The van der Waals surface area contributed by atoms with Crippen LogP contribution in [-0.2, 0) is 5.41 Å². The van der Waals surface area contributed by atoms with Crippen LogP contribution in [0.4, 0.5) is 17.1 Å². The lowest BCUT2D eigenvalue weighted by atomic mass is 9.82. The number of para-hydroxylation sites is 1. The molecule has 1 aromatic heterocycles. The SMILES string of the molecule is CC1(C)c2ccccc2-c2cc3c4cc(-c5ccc(-c6ccc(N(c7ccc(-c8ccccc8)cc7)c7ccc(-c8ccccc8)cc7)cc6)cc5)ccc4n(-c4ccccc4)c3cc21. The predicted octanol–water partition coefficient (Wildman–Crippen LogP) is 17.2. The van der Waals surface area contributed by atoms with E-state index in [1.807, 2.05) is 0 Å². The van der Waals surface area contributed by atoms with Gasteiger partial charge in [-0.1, -0.05) is 184 Å². The molecule has 0 unspecified atom stereocenters. The fraction of sp³-hybridized carbons (Fsp3) is 0.0476. The zero-order valence-corrected chi connectivity index (χ0v) is 36.5. The van der Waals surface area contributed by atoms with Crippen molar-refractivity contribution in [3.8, 4) is 61.3 Å². The Morgan fingerprint density at radius 3 is 1.23 bits per heavy atom. The number of hydrogen-bond acceptors (Lipinski definition) is 1. The molecule has 11 aromatic rings. The van der Waals surface area contributed by atoms with Crippen LogP contribution in [0.15, 0.2) is 243 Å². The molecule has 65 heavy (non-hydrogen) atoms. The van der Waals surface area contributed by atoms with E-state index in [-0.39, 0.29) is 5.41 Å². The molecule has 12 rings (SSSR count). The predicted molar refractivity (Wildman–Crippen MR) is 275 cm³/mol. The largest absolute Gasteiger partial charge is 0.311 e. The number of nitrogens with zero attached hydrogens (tertiary/aromatic N) is 2. The lowest BCUT2D eigenvalue weighted by Gasteiger charge is -2.26. The summed E-state index contributed by atoms with van der Waals surface area (Å²) in [6.07, 6.45) is 0. The van der Waals surface area contributed by atoms with Crippen LogP contribution in [0.3, 0.4) is 0 Å². The van der Waals surface area contributed by atoms with Gasteiger partial charge in [0.25, 0.3) is 0 Å². The molecule has 0 saturated heterocycles. The smallest absolute Gasteiger partial charge is 0.0544 e. The minimum Gasteiger partial charge on any atom is -0.311 e. The van der Waals surface area contributed by atoms with Crippen LogP contribution >= 0.6 is 0 Å². The topological polar surface area (TPSA) is 8.17 Å². The maximum absolute atomic E-state index is 2.46. The third-order valence-electron chi connectivity index (χ3n) is 13.6. The lowest BCUT2D eigenvalue weighted by molar-refractivity contribution is 0.661. The van der Waals surface area contributed by atoms with Crippen molar-refractivity contribution in [3.05, 3.63) is 254 Å². The summed E-state index contributed by atoms with van der Waals surface area (Å²) >= 11 is 0. The van der Waals surface area contributed by atoms with Gasteiger partial charge in [-0.25, -0.2) is 0 Å². The zero-order chi connectivity index (χ0) is 43.5. The van der Waals surface area contributed by atoms with Gasteiger partial charge in [0.15, 0.2) is 0 Å². The second kappa shape index (κ2) is 15.6. The standard InChI is InChI=1S/C63H46N2/c1-63(2)59-21-13-12-20-55(59)56-41-58-57-40-50(32-39-61(57)65(62(58)42-60(56)63)51-18-10-5-11-19-51)49-24-22-45(23-25-49)48-30-37-54(38-31-48)64(52-33-26-46(27-34-52)43-14-6-3-7-15-43)53-35-28-47(29-36-53)44-16-8-4-9-17-44/h3-42H,1-2H3. The second-order valence-electron chi connectivity index (χ2n) is 17.8. The molecule has 2 nitrogen and oxygen atoms in total.